The average molecular weight is 329 g/mol. The van der Waals surface area contributed by atoms with Gasteiger partial charge in [-0.05, 0) is 16.6 Å². The molecule has 126 valence electrons. The second-order valence-electron chi connectivity index (χ2n) is 7.53. The van der Waals surface area contributed by atoms with Gasteiger partial charge in [0.2, 0.25) is 0 Å². The van der Waals surface area contributed by atoms with Crippen LogP contribution in [-0.2, 0) is 0 Å². The summed E-state index contributed by atoms with van der Waals surface area (Å²) < 4.78 is 0. The zero-order valence-corrected chi connectivity index (χ0v) is 16.8. The van der Waals surface area contributed by atoms with Crippen molar-refractivity contribution < 1.29 is 4.79 Å². The summed E-state index contributed by atoms with van der Waals surface area (Å²) in [7, 11) is -1.68. The first-order chi connectivity index (χ1) is 10.7. The van der Waals surface area contributed by atoms with Crippen molar-refractivity contribution in [3.05, 3.63) is 35.9 Å². The third kappa shape index (κ3) is 4.58. The summed E-state index contributed by atoms with van der Waals surface area (Å²) in [5.41, 5.74) is 6.40. The van der Waals surface area contributed by atoms with Crippen LogP contribution in [0.3, 0.4) is 0 Å². The molecule has 1 unspecified atom stereocenters. The van der Waals surface area contributed by atoms with Gasteiger partial charge in [0.1, 0.15) is 8.07 Å². The molecule has 0 aliphatic carbocycles. The summed E-state index contributed by atoms with van der Waals surface area (Å²) in [6, 6.07) is 9.55. The maximum absolute atomic E-state index is 12.4. The molecule has 1 aromatic carbocycles. The number of rotatable bonds is 6. The minimum atomic E-state index is -1.68. The Morgan fingerprint density at radius 3 is 1.83 bits per heavy atom. The normalized spacial score (nSPS) is 13.1. The second kappa shape index (κ2) is 8.50. The van der Waals surface area contributed by atoms with E-state index >= 15 is 0 Å². The summed E-state index contributed by atoms with van der Waals surface area (Å²) in [5.74, 6) is 3.57. The molecule has 0 heterocycles. The van der Waals surface area contributed by atoms with Gasteiger partial charge >= 0.3 is 0 Å². The summed E-state index contributed by atoms with van der Waals surface area (Å²) in [6.45, 7) is 15.9. The third-order valence-electron chi connectivity index (χ3n) is 5.09. The van der Waals surface area contributed by atoms with E-state index in [1.807, 2.05) is 37.3 Å². The molecule has 0 N–H and O–H groups in total. The van der Waals surface area contributed by atoms with E-state index in [0.29, 0.717) is 23.0 Å². The number of Topliss-reactive ketones (excluding diaryl/α,β-unsaturated/α-hetero) is 1. The molecule has 0 aliphatic heterocycles. The molecular weight excluding hydrogens is 296 g/mol. The number of hydrogen-bond acceptors (Lipinski definition) is 1. The molecule has 1 rings (SSSR count). The van der Waals surface area contributed by atoms with Crippen molar-refractivity contribution in [2.45, 2.75) is 71.5 Å². The lowest BCUT2D eigenvalue weighted by atomic mass is 9.97. The fraction of sp³-hybridized carbons (Fsp3) is 0.571. The maximum Gasteiger partial charge on any atom is 0.166 e. The predicted octanol–water partition coefficient (Wildman–Crippen LogP) is 6.12. The van der Waals surface area contributed by atoms with Gasteiger partial charge in [-0.15, -0.1) is 11.5 Å². The van der Waals surface area contributed by atoms with Gasteiger partial charge in [-0.2, -0.15) is 0 Å². The Bertz CT molecular complexity index is 539. The topological polar surface area (TPSA) is 17.1 Å². The highest BCUT2D eigenvalue weighted by Crippen LogP contribution is 2.40. The van der Waals surface area contributed by atoms with Crippen molar-refractivity contribution in [1.82, 2.24) is 0 Å². The van der Waals surface area contributed by atoms with Crippen LogP contribution in [0.1, 0.15) is 65.2 Å². The van der Waals surface area contributed by atoms with Gasteiger partial charge < -0.3 is 0 Å². The fourth-order valence-electron chi connectivity index (χ4n) is 3.77. The molecule has 0 saturated carbocycles. The van der Waals surface area contributed by atoms with Crippen LogP contribution in [0.15, 0.2) is 30.3 Å². The first-order valence-electron chi connectivity index (χ1n) is 8.82. The fourth-order valence-corrected chi connectivity index (χ4v) is 9.04. The molecule has 0 aliphatic rings. The van der Waals surface area contributed by atoms with Gasteiger partial charge in [0, 0.05) is 17.9 Å². The molecule has 1 aromatic rings. The largest absolute Gasteiger partial charge is 0.294 e. The third-order valence-corrected chi connectivity index (χ3v) is 11.4. The van der Waals surface area contributed by atoms with Crippen LogP contribution < -0.4 is 0 Å². The number of hydrogen-bond donors (Lipinski definition) is 0. The molecule has 0 spiro atoms. The minimum Gasteiger partial charge on any atom is -0.294 e. The van der Waals surface area contributed by atoms with Gasteiger partial charge in [-0.3, -0.25) is 4.79 Å². The minimum absolute atomic E-state index is 0.0388. The number of carbonyl (C=O) groups excluding carboxylic acids is 1. The van der Waals surface area contributed by atoms with E-state index in [4.69, 9.17) is 0 Å². The summed E-state index contributed by atoms with van der Waals surface area (Å²) >= 11 is 0. The van der Waals surface area contributed by atoms with Crippen LogP contribution in [0, 0.1) is 17.4 Å². The maximum atomic E-state index is 12.4. The lowest BCUT2D eigenvalue weighted by Crippen LogP contribution is -2.43. The Labute approximate surface area is 143 Å². The SMILES string of the molecule is CC(CC#C[Si](C(C)C)(C(C)C)C(C)C)C(=O)c1ccccc1. The standard InChI is InChI=1S/C21H32OSi/c1-16(2)23(17(3)4,18(5)6)15-11-12-19(7)21(22)20-13-9-8-10-14-20/h8-10,13-14,16-19H,12H2,1-7H3. The Morgan fingerprint density at radius 1 is 0.913 bits per heavy atom. The Kier molecular flexibility index (Phi) is 7.29. The van der Waals surface area contributed by atoms with E-state index in [1.54, 1.807) is 0 Å². The van der Waals surface area contributed by atoms with Crippen molar-refractivity contribution >= 4 is 13.9 Å². The molecular formula is C21H32OSi. The molecule has 1 nitrogen and oxygen atoms in total. The van der Waals surface area contributed by atoms with Gasteiger partial charge in [0.15, 0.2) is 5.78 Å². The monoisotopic (exact) mass is 328 g/mol. The summed E-state index contributed by atoms with van der Waals surface area (Å²) in [5, 5.41) is 0. The molecule has 0 fully saturated rings. The van der Waals surface area contributed by atoms with E-state index in [-0.39, 0.29) is 11.7 Å². The quantitative estimate of drug-likeness (QED) is 0.349. The van der Waals surface area contributed by atoms with E-state index < -0.39 is 8.07 Å². The number of benzene rings is 1. The van der Waals surface area contributed by atoms with E-state index in [9.17, 15) is 4.79 Å². The molecule has 0 aromatic heterocycles. The lowest BCUT2D eigenvalue weighted by molar-refractivity contribution is 0.0932. The van der Waals surface area contributed by atoms with Crippen LogP contribution in [0.5, 0.6) is 0 Å². The molecule has 0 radical (unpaired) electrons. The Morgan fingerprint density at radius 2 is 1.39 bits per heavy atom. The summed E-state index contributed by atoms with van der Waals surface area (Å²) in [6.07, 6.45) is 0.661. The van der Waals surface area contributed by atoms with E-state index in [2.05, 4.69) is 53.0 Å². The Hall–Kier alpha value is -1.33. The molecule has 2 heteroatoms. The van der Waals surface area contributed by atoms with E-state index in [0.717, 1.165) is 5.56 Å². The highest BCUT2D eigenvalue weighted by atomic mass is 28.3. The molecule has 0 bridgehead atoms. The molecule has 0 amide bonds. The van der Waals surface area contributed by atoms with Gasteiger partial charge in [-0.1, -0.05) is 78.8 Å². The van der Waals surface area contributed by atoms with Crippen LogP contribution >= 0.6 is 0 Å². The van der Waals surface area contributed by atoms with Gasteiger partial charge in [-0.25, -0.2) is 0 Å². The number of carbonyl (C=O) groups is 1. The van der Waals surface area contributed by atoms with Crippen molar-refractivity contribution in [2.24, 2.45) is 5.92 Å². The summed E-state index contributed by atoms with van der Waals surface area (Å²) in [4.78, 5) is 12.4. The number of ketones is 1. The molecule has 1 atom stereocenters. The Balaban J connectivity index is 2.91. The molecule has 0 saturated heterocycles. The average Bonchev–Trinajstić information content (AvgIpc) is 2.50. The highest BCUT2D eigenvalue weighted by Gasteiger charge is 2.41. The van der Waals surface area contributed by atoms with Crippen LogP contribution in [-0.4, -0.2) is 13.9 Å². The van der Waals surface area contributed by atoms with Crippen molar-refractivity contribution in [2.75, 3.05) is 0 Å². The van der Waals surface area contributed by atoms with Crippen molar-refractivity contribution in [3.8, 4) is 11.5 Å². The van der Waals surface area contributed by atoms with E-state index in [1.165, 1.54) is 0 Å². The first kappa shape index (κ1) is 19.7. The van der Waals surface area contributed by atoms with Crippen LogP contribution in [0.25, 0.3) is 0 Å². The highest BCUT2D eigenvalue weighted by molar-refractivity contribution is 6.90. The van der Waals surface area contributed by atoms with Crippen LogP contribution in [0.2, 0.25) is 16.6 Å². The zero-order chi connectivity index (χ0) is 17.6. The van der Waals surface area contributed by atoms with Crippen molar-refractivity contribution in [1.29, 1.82) is 0 Å². The van der Waals surface area contributed by atoms with Crippen molar-refractivity contribution in [3.63, 3.8) is 0 Å². The first-order valence-corrected chi connectivity index (χ1v) is 11.1. The van der Waals surface area contributed by atoms with Gasteiger partial charge in [0.25, 0.3) is 0 Å². The van der Waals surface area contributed by atoms with Crippen LogP contribution in [0.4, 0.5) is 0 Å². The second-order valence-corrected chi connectivity index (χ2v) is 13.1. The molecule has 23 heavy (non-hydrogen) atoms. The lowest BCUT2D eigenvalue weighted by Gasteiger charge is -2.38. The smallest absolute Gasteiger partial charge is 0.166 e. The van der Waals surface area contributed by atoms with Gasteiger partial charge in [0.05, 0.1) is 0 Å². The zero-order valence-electron chi connectivity index (χ0n) is 15.8. The predicted molar refractivity (Wildman–Crippen MR) is 103 cm³/mol.